The van der Waals surface area contributed by atoms with Gasteiger partial charge >= 0.3 is 0 Å². The summed E-state index contributed by atoms with van der Waals surface area (Å²) in [5.41, 5.74) is 0.728. The first-order chi connectivity index (χ1) is 15.3. The van der Waals surface area contributed by atoms with Crippen LogP contribution in [0, 0.1) is 0 Å². The van der Waals surface area contributed by atoms with E-state index in [1.807, 2.05) is 0 Å². The minimum atomic E-state index is -4.25. The second kappa shape index (κ2) is 8.78. The predicted octanol–water partition coefficient (Wildman–Crippen LogP) is 3.33. The Labute approximate surface area is 194 Å². The van der Waals surface area contributed by atoms with Crippen LogP contribution in [0.15, 0.2) is 71.8 Å². The lowest BCUT2D eigenvalue weighted by Crippen LogP contribution is -2.55. The van der Waals surface area contributed by atoms with Crippen molar-refractivity contribution < 1.29 is 18.0 Å². The lowest BCUT2D eigenvalue weighted by Gasteiger charge is -2.37. The molecule has 8 nitrogen and oxygen atoms in total. The Kier molecular flexibility index (Phi) is 6.05. The summed E-state index contributed by atoms with van der Waals surface area (Å²) in [5.74, 6) is -1.13. The van der Waals surface area contributed by atoms with Crippen molar-refractivity contribution in [2.45, 2.75) is 10.9 Å². The molecule has 4 rings (SSSR count). The van der Waals surface area contributed by atoms with E-state index in [9.17, 15) is 18.0 Å². The van der Waals surface area contributed by atoms with Gasteiger partial charge in [0.1, 0.15) is 11.7 Å². The summed E-state index contributed by atoms with van der Waals surface area (Å²) in [4.78, 5) is 29.1. The number of nitrogens with one attached hydrogen (secondary N) is 2. The first-order valence-corrected chi connectivity index (χ1v) is 11.6. The second-order valence-corrected chi connectivity index (χ2v) is 9.45. The van der Waals surface area contributed by atoms with Crippen molar-refractivity contribution in [2.24, 2.45) is 0 Å². The SMILES string of the molecule is O=C(NC[C@@H]1C(=O)Nc2ccccc2N1S(=O)(=O)c1ccc(Cl)c(Cl)c1)c1ccccn1. The third kappa shape index (κ3) is 4.14. The Balaban J connectivity index is 1.73. The van der Waals surface area contributed by atoms with Crippen LogP contribution < -0.4 is 14.9 Å². The molecule has 0 spiro atoms. The van der Waals surface area contributed by atoms with Gasteiger partial charge in [0.25, 0.3) is 15.9 Å². The van der Waals surface area contributed by atoms with E-state index in [0.29, 0.717) is 5.69 Å². The van der Waals surface area contributed by atoms with E-state index in [0.717, 1.165) is 4.31 Å². The van der Waals surface area contributed by atoms with Gasteiger partial charge in [-0.15, -0.1) is 0 Å². The molecule has 32 heavy (non-hydrogen) atoms. The fraction of sp³-hybridized carbons (Fsp3) is 0.0952. The third-order valence-corrected chi connectivity index (χ3v) is 7.34. The fourth-order valence-electron chi connectivity index (χ4n) is 3.26. The van der Waals surface area contributed by atoms with Crippen molar-refractivity contribution in [3.63, 3.8) is 0 Å². The minimum absolute atomic E-state index is 0.0579. The molecule has 1 aromatic heterocycles. The standard InChI is InChI=1S/C21H16Cl2N4O4S/c22-14-9-8-13(11-15(14)23)32(30,31)27-18-7-2-1-5-16(18)26-21(29)19(27)12-25-20(28)17-6-3-4-10-24-17/h1-11,19H,12H2,(H,25,28)(H,26,29)/t19-/m1/s1. The summed E-state index contributed by atoms with van der Waals surface area (Å²) in [5, 5.41) is 5.53. The number of hydrogen-bond acceptors (Lipinski definition) is 5. The minimum Gasteiger partial charge on any atom is -0.348 e. The summed E-state index contributed by atoms with van der Waals surface area (Å²) >= 11 is 12.0. The third-order valence-electron chi connectivity index (χ3n) is 4.79. The van der Waals surface area contributed by atoms with E-state index < -0.39 is 27.9 Å². The smallest absolute Gasteiger partial charge is 0.269 e. The van der Waals surface area contributed by atoms with Crippen LogP contribution in [0.5, 0.6) is 0 Å². The molecule has 164 valence electrons. The normalized spacial score (nSPS) is 15.6. The predicted molar refractivity (Wildman–Crippen MR) is 122 cm³/mol. The number of pyridine rings is 1. The molecular weight excluding hydrogens is 475 g/mol. The summed E-state index contributed by atoms with van der Waals surface area (Å²) in [7, 11) is -4.25. The maximum Gasteiger partial charge on any atom is 0.269 e. The summed E-state index contributed by atoms with van der Waals surface area (Å²) < 4.78 is 28.2. The van der Waals surface area contributed by atoms with E-state index in [2.05, 4.69) is 15.6 Å². The number of hydrogen-bond donors (Lipinski definition) is 2. The summed E-state index contributed by atoms with van der Waals surface area (Å²) in [6, 6.07) is 13.9. The van der Waals surface area contributed by atoms with E-state index >= 15 is 0 Å². The van der Waals surface area contributed by atoms with Gasteiger partial charge in [0.2, 0.25) is 5.91 Å². The molecule has 1 atom stereocenters. The second-order valence-electron chi connectivity index (χ2n) is 6.82. The highest BCUT2D eigenvalue weighted by Crippen LogP contribution is 2.37. The number of amides is 2. The molecule has 0 saturated carbocycles. The monoisotopic (exact) mass is 490 g/mol. The molecule has 0 fully saturated rings. The molecule has 1 aliphatic heterocycles. The van der Waals surface area contributed by atoms with E-state index in [-0.39, 0.29) is 32.9 Å². The molecule has 2 heterocycles. The zero-order valence-corrected chi connectivity index (χ0v) is 18.7. The molecule has 0 bridgehead atoms. The van der Waals surface area contributed by atoms with Gasteiger partial charge < -0.3 is 10.6 Å². The zero-order chi connectivity index (χ0) is 22.9. The number of para-hydroxylation sites is 2. The number of fused-ring (bicyclic) bond motifs is 1. The number of carbonyl (C=O) groups is 2. The molecule has 0 saturated heterocycles. The van der Waals surface area contributed by atoms with Crippen LogP contribution in [-0.2, 0) is 14.8 Å². The van der Waals surface area contributed by atoms with Crippen LogP contribution in [0.3, 0.4) is 0 Å². The highest BCUT2D eigenvalue weighted by molar-refractivity contribution is 7.93. The molecular formula is C21H16Cl2N4O4S. The van der Waals surface area contributed by atoms with Crippen LogP contribution in [-0.4, -0.2) is 37.8 Å². The number of sulfonamides is 1. The quantitative estimate of drug-likeness (QED) is 0.569. The largest absolute Gasteiger partial charge is 0.348 e. The molecule has 11 heteroatoms. The molecule has 3 aromatic rings. The van der Waals surface area contributed by atoms with Gasteiger partial charge in [0, 0.05) is 12.7 Å². The number of anilines is 2. The van der Waals surface area contributed by atoms with Gasteiger partial charge in [-0.25, -0.2) is 12.7 Å². The fourth-order valence-corrected chi connectivity index (χ4v) is 5.28. The van der Waals surface area contributed by atoms with Crippen molar-refractivity contribution in [3.05, 3.63) is 82.6 Å². The van der Waals surface area contributed by atoms with Crippen molar-refractivity contribution in [1.82, 2.24) is 10.3 Å². The maximum atomic E-state index is 13.6. The van der Waals surface area contributed by atoms with Gasteiger partial charge in [-0.1, -0.05) is 41.4 Å². The number of benzene rings is 2. The highest BCUT2D eigenvalue weighted by Gasteiger charge is 2.41. The Hall–Kier alpha value is -3.14. The van der Waals surface area contributed by atoms with Gasteiger partial charge in [-0.05, 0) is 42.5 Å². The molecule has 2 aromatic carbocycles. The van der Waals surface area contributed by atoms with Crippen molar-refractivity contribution >= 4 is 56.4 Å². The number of halogens is 2. The van der Waals surface area contributed by atoms with Crippen LogP contribution in [0.1, 0.15) is 10.5 Å². The van der Waals surface area contributed by atoms with Crippen molar-refractivity contribution in [1.29, 1.82) is 0 Å². The lowest BCUT2D eigenvalue weighted by atomic mass is 10.1. The highest BCUT2D eigenvalue weighted by atomic mass is 35.5. The van der Waals surface area contributed by atoms with E-state index in [4.69, 9.17) is 23.2 Å². The lowest BCUT2D eigenvalue weighted by molar-refractivity contribution is -0.117. The topological polar surface area (TPSA) is 108 Å². The van der Waals surface area contributed by atoms with Gasteiger partial charge in [0.15, 0.2) is 0 Å². The van der Waals surface area contributed by atoms with Gasteiger partial charge in [-0.2, -0.15) is 0 Å². The number of rotatable bonds is 5. The molecule has 2 N–H and O–H groups in total. The molecule has 1 aliphatic rings. The summed E-state index contributed by atoms with van der Waals surface area (Å²) in [6.45, 7) is -0.282. The van der Waals surface area contributed by atoms with Crippen LogP contribution in [0.2, 0.25) is 10.0 Å². The molecule has 2 amide bonds. The van der Waals surface area contributed by atoms with Crippen LogP contribution in [0.25, 0.3) is 0 Å². The first-order valence-electron chi connectivity index (χ1n) is 9.37. The molecule has 0 radical (unpaired) electrons. The number of nitrogens with zero attached hydrogens (tertiary/aromatic N) is 2. The Bertz CT molecular complexity index is 1300. The maximum absolute atomic E-state index is 13.6. The number of carbonyl (C=O) groups excluding carboxylic acids is 2. The van der Waals surface area contributed by atoms with Crippen molar-refractivity contribution in [3.8, 4) is 0 Å². The first kappa shape index (κ1) is 22.1. The van der Waals surface area contributed by atoms with Crippen molar-refractivity contribution in [2.75, 3.05) is 16.2 Å². The molecule has 0 aliphatic carbocycles. The Morgan fingerprint density at radius 1 is 1.06 bits per heavy atom. The van der Waals surface area contributed by atoms with Crippen LogP contribution >= 0.6 is 23.2 Å². The molecule has 0 unspecified atom stereocenters. The average molecular weight is 491 g/mol. The van der Waals surface area contributed by atoms with Gasteiger partial charge in [0.05, 0.1) is 26.3 Å². The van der Waals surface area contributed by atoms with Crippen LogP contribution in [0.4, 0.5) is 11.4 Å². The van der Waals surface area contributed by atoms with E-state index in [1.54, 1.807) is 36.4 Å². The van der Waals surface area contributed by atoms with Gasteiger partial charge in [-0.3, -0.25) is 14.6 Å². The average Bonchev–Trinajstić information content (AvgIpc) is 2.79. The zero-order valence-electron chi connectivity index (χ0n) is 16.3. The summed E-state index contributed by atoms with van der Waals surface area (Å²) in [6.07, 6.45) is 1.46. The number of aromatic nitrogens is 1. The Morgan fingerprint density at radius 2 is 1.81 bits per heavy atom. The Morgan fingerprint density at radius 3 is 2.53 bits per heavy atom. The van der Waals surface area contributed by atoms with E-state index in [1.165, 1.54) is 30.5 Å².